The largest absolute Gasteiger partial charge is 0.485 e. The van der Waals surface area contributed by atoms with Gasteiger partial charge in [-0.15, -0.1) is 11.3 Å². The van der Waals surface area contributed by atoms with Gasteiger partial charge in [-0.05, 0) is 12.1 Å². The molecule has 3 nitrogen and oxygen atoms in total. The molecule has 2 radical (unpaired) electrons. The first kappa shape index (κ1) is 13.7. The van der Waals surface area contributed by atoms with Crippen molar-refractivity contribution in [3.8, 4) is 17.0 Å². The number of hydrogen-bond acceptors (Lipinski definition) is 4. The number of rotatable bonds is 3. The third-order valence-corrected chi connectivity index (χ3v) is 2.89. The second kappa shape index (κ2) is 5.12. The maximum atomic E-state index is 12.0. The van der Waals surface area contributed by atoms with Gasteiger partial charge in [-0.25, -0.2) is 4.98 Å². The highest BCUT2D eigenvalue weighted by Crippen LogP contribution is 2.24. The summed E-state index contributed by atoms with van der Waals surface area (Å²) in [5.74, 6) is -0.00993. The van der Waals surface area contributed by atoms with Gasteiger partial charge in [0.25, 0.3) is 0 Å². The number of alkyl halides is 3. The Balaban J connectivity index is 2.18. The van der Waals surface area contributed by atoms with E-state index in [1.54, 1.807) is 11.4 Å². The summed E-state index contributed by atoms with van der Waals surface area (Å²) >= 11 is 1.27. The molecule has 1 heterocycles. The minimum atomic E-state index is -4.39. The van der Waals surface area contributed by atoms with E-state index in [0.717, 1.165) is 0 Å². The Morgan fingerprint density at radius 1 is 1.37 bits per heavy atom. The van der Waals surface area contributed by atoms with Crippen LogP contribution < -0.4 is 15.9 Å². The molecule has 0 fully saturated rings. The molecule has 0 unspecified atom stereocenters. The van der Waals surface area contributed by atoms with Crippen LogP contribution in [0.5, 0.6) is 5.75 Å². The average Bonchev–Trinajstić information content (AvgIpc) is 2.73. The van der Waals surface area contributed by atoms with Crippen LogP contribution in [0.2, 0.25) is 0 Å². The number of nitrogens with two attached hydrogens (primary N) is 1. The van der Waals surface area contributed by atoms with Crippen LogP contribution in [-0.2, 0) is 0 Å². The van der Waals surface area contributed by atoms with Crippen molar-refractivity contribution in [2.24, 2.45) is 0 Å². The molecule has 0 spiro atoms. The van der Waals surface area contributed by atoms with Crippen molar-refractivity contribution in [2.45, 2.75) is 6.18 Å². The molecule has 0 aliphatic rings. The molecule has 0 bridgehead atoms. The third kappa shape index (κ3) is 3.63. The van der Waals surface area contributed by atoms with Crippen LogP contribution >= 0.6 is 11.3 Å². The number of aromatic nitrogens is 1. The molecule has 1 aromatic heterocycles. The molecule has 0 saturated heterocycles. The fraction of sp³-hybridized carbons (Fsp3) is 0.182. The van der Waals surface area contributed by atoms with E-state index in [-0.39, 0.29) is 11.2 Å². The second-order valence-corrected chi connectivity index (χ2v) is 4.62. The first-order valence-corrected chi connectivity index (χ1v) is 6.03. The zero-order valence-corrected chi connectivity index (χ0v) is 10.4. The van der Waals surface area contributed by atoms with Gasteiger partial charge in [-0.1, -0.05) is 11.5 Å². The molecule has 2 rings (SSSR count). The molecule has 0 saturated carbocycles. The number of benzene rings is 1. The van der Waals surface area contributed by atoms with Crippen LogP contribution in [0.1, 0.15) is 0 Å². The SMILES string of the molecule is [B]c1cc(-c2csc(N)n2)ccc1OCC(F)(F)F. The van der Waals surface area contributed by atoms with Gasteiger partial charge in [0.2, 0.25) is 0 Å². The molecule has 8 heteroatoms. The van der Waals surface area contributed by atoms with Gasteiger partial charge in [0.05, 0.1) is 5.69 Å². The Hall–Kier alpha value is -1.70. The molecule has 98 valence electrons. The number of halogens is 3. The summed E-state index contributed by atoms with van der Waals surface area (Å²) in [4.78, 5) is 4.06. The topological polar surface area (TPSA) is 48.1 Å². The van der Waals surface area contributed by atoms with E-state index in [4.69, 9.17) is 13.6 Å². The lowest BCUT2D eigenvalue weighted by atomic mass is 9.92. The van der Waals surface area contributed by atoms with Crippen molar-refractivity contribution in [3.63, 3.8) is 0 Å². The normalized spacial score (nSPS) is 11.5. The Morgan fingerprint density at radius 2 is 2.11 bits per heavy atom. The first-order chi connectivity index (χ1) is 8.85. The van der Waals surface area contributed by atoms with Crippen LogP contribution in [0.25, 0.3) is 11.3 Å². The molecule has 2 aromatic rings. The molecule has 0 amide bonds. The van der Waals surface area contributed by atoms with Crippen molar-refractivity contribution < 1.29 is 17.9 Å². The smallest absolute Gasteiger partial charge is 0.422 e. The maximum Gasteiger partial charge on any atom is 0.422 e. The molecule has 19 heavy (non-hydrogen) atoms. The first-order valence-electron chi connectivity index (χ1n) is 5.15. The summed E-state index contributed by atoms with van der Waals surface area (Å²) in [5, 5.41) is 2.14. The van der Waals surface area contributed by atoms with E-state index in [2.05, 4.69) is 9.72 Å². The predicted molar refractivity (Wildman–Crippen MR) is 68.9 cm³/mol. The van der Waals surface area contributed by atoms with Crippen LogP contribution in [0.3, 0.4) is 0 Å². The third-order valence-electron chi connectivity index (χ3n) is 2.22. The zero-order valence-electron chi connectivity index (χ0n) is 9.57. The van der Waals surface area contributed by atoms with E-state index >= 15 is 0 Å². The van der Waals surface area contributed by atoms with Gasteiger partial charge in [0, 0.05) is 10.9 Å². The summed E-state index contributed by atoms with van der Waals surface area (Å²) in [5.41, 5.74) is 6.92. The quantitative estimate of drug-likeness (QED) is 0.878. The van der Waals surface area contributed by atoms with Gasteiger partial charge in [-0.3, -0.25) is 0 Å². The fourth-order valence-electron chi connectivity index (χ4n) is 1.42. The van der Waals surface area contributed by atoms with E-state index in [9.17, 15) is 13.2 Å². The van der Waals surface area contributed by atoms with Crippen molar-refractivity contribution in [1.82, 2.24) is 4.98 Å². The molecular weight excluding hydrogens is 276 g/mol. The zero-order chi connectivity index (χ0) is 14.0. The molecular formula is C11H8BF3N2OS. The number of anilines is 1. The van der Waals surface area contributed by atoms with Crippen molar-refractivity contribution in [1.29, 1.82) is 0 Å². The van der Waals surface area contributed by atoms with E-state index < -0.39 is 12.8 Å². The monoisotopic (exact) mass is 284 g/mol. The highest BCUT2D eigenvalue weighted by molar-refractivity contribution is 7.13. The average molecular weight is 284 g/mol. The standard InChI is InChI=1S/C11H8BF3N2OS/c12-7-3-6(8-4-19-10(16)17-8)1-2-9(7)18-5-11(13,14)15/h1-4H,5H2,(H2,16,17). The Bertz CT molecular complexity index is 586. The summed E-state index contributed by atoms with van der Waals surface area (Å²) < 4.78 is 40.7. The van der Waals surface area contributed by atoms with Crippen molar-refractivity contribution in [3.05, 3.63) is 23.6 Å². The number of thiazole rings is 1. The van der Waals surface area contributed by atoms with Gasteiger partial charge < -0.3 is 10.5 Å². The van der Waals surface area contributed by atoms with Crippen LogP contribution in [0, 0.1) is 0 Å². The van der Waals surface area contributed by atoms with Gasteiger partial charge >= 0.3 is 6.18 Å². The highest BCUT2D eigenvalue weighted by atomic mass is 32.1. The van der Waals surface area contributed by atoms with Crippen LogP contribution in [0.4, 0.5) is 18.3 Å². The van der Waals surface area contributed by atoms with E-state index in [0.29, 0.717) is 16.4 Å². The summed E-state index contributed by atoms with van der Waals surface area (Å²) in [7, 11) is 5.65. The lowest BCUT2D eigenvalue weighted by Gasteiger charge is -2.12. The number of nitrogens with zero attached hydrogens (tertiary/aromatic N) is 1. The summed E-state index contributed by atoms with van der Waals surface area (Å²) in [6.07, 6.45) is -4.39. The van der Waals surface area contributed by atoms with E-state index in [1.165, 1.54) is 23.5 Å². The molecule has 1 aromatic carbocycles. The molecule has 2 N–H and O–H groups in total. The number of hydrogen-bond donors (Lipinski definition) is 1. The fourth-order valence-corrected chi connectivity index (χ4v) is 1.99. The lowest BCUT2D eigenvalue weighted by Crippen LogP contribution is -2.22. The van der Waals surface area contributed by atoms with Gasteiger partial charge in [0.1, 0.15) is 13.6 Å². The van der Waals surface area contributed by atoms with Crippen LogP contribution in [0.15, 0.2) is 23.6 Å². The Morgan fingerprint density at radius 3 is 2.63 bits per heavy atom. The molecule has 0 aliphatic carbocycles. The molecule has 0 aliphatic heterocycles. The Labute approximate surface area is 112 Å². The predicted octanol–water partition coefficient (Wildman–Crippen LogP) is 2.13. The molecule has 0 atom stereocenters. The number of ether oxygens (including phenoxy) is 1. The van der Waals surface area contributed by atoms with Gasteiger partial charge in [-0.2, -0.15) is 13.2 Å². The van der Waals surface area contributed by atoms with Gasteiger partial charge in [0.15, 0.2) is 11.7 Å². The van der Waals surface area contributed by atoms with Crippen LogP contribution in [-0.4, -0.2) is 25.6 Å². The Kier molecular flexibility index (Phi) is 3.70. The second-order valence-electron chi connectivity index (χ2n) is 3.73. The minimum Gasteiger partial charge on any atom is -0.485 e. The summed E-state index contributed by atoms with van der Waals surface area (Å²) in [6, 6.07) is 4.46. The van der Waals surface area contributed by atoms with E-state index in [1.807, 2.05) is 0 Å². The lowest BCUT2D eigenvalue weighted by molar-refractivity contribution is -0.153. The van der Waals surface area contributed by atoms with Crippen molar-refractivity contribution >= 4 is 29.8 Å². The minimum absolute atomic E-state index is 0.00993. The highest BCUT2D eigenvalue weighted by Gasteiger charge is 2.28. The summed E-state index contributed by atoms with van der Waals surface area (Å²) in [6.45, 7) is -1.37. The maximum absolute atomic E-state index is 12.0. The van der Waals surface area contributed by atoms with Crippen molar-refractivity contribution in [2.75, 3.05) is 12.3 Å². The number of nitrogen functional groups attached to an aromatic ring is 1.